The lowest BCUT2D eigenvalue weighted by molar-refractivity contribution is 0.414. The van der Waals surface area contributed by atoms with Crippen LogP contribution in [0.4, 0.5) is 0 Å². The van der Waals surface area contributed by atoms with Crippen LogP contribution in [-0.2, 0) is 19.6 Å². The molecule has 9 nitrogen and oxygen atoms in total. The molecule has 1 aromatic carbocycles. The van der Waals surface area contributed by atoms with Gasteiger partial charge in [-0.15, -0.1) is 0 Å². The Morgan fingerprint density at radius 3 is 2.15 bits per heavy atom. The van der Waals surface area contributed by atoms with E-state index in [2.05, 4.69) is 4.98 Å². The Morgan fingerprint density at radius 2 is 1.53 bits per heavy atom. The lowest BCUT2D eigenvalue weighted by atomic mass is 10.2. The summed E-state index contributed by atoms with van der Waals surface area (Å²) >= 11 is 6.00. The quantitative estimate of drug-likeness (QED) is 0.412. The van der Waals surface area contributed by atoms with Crippen molar-refractivity contribution in [3.63, 3.8) is 0 Å². The first kappa shape index (κ1) is 23.8. The van der Waals surface area contributed by atoms with Gasteiger partial charge in [-0.05, 0) is 37.5 Å². The van der Waals surface area contributed by atoms with Crippen molar-refractivity contribution >= 4 is 28.5 Å². The molecule has 0 unspecified atom stereocenters. The Kier molecular flexibility index (Phi) is 6.65. The number of halogens is 1. The van der Waals surface area contributed by atoms with Crippen LogP contribution in [0, 0.1) is 6.92 Å². The predicted octanol–water partition coefficient (Wildman–Crippen LogP) is 3.29. The number of imidazole rings is 1. The lowest BCUT2D eigenvalue weighted by Crippen LogP contribution is -2.41. The summed E-state index contributed by atoms with van der Waals surface area (Å²) in [4.78, 5) is 44.6. The van der Waals surface area contributed by atoms with Crippen molar-refractivity contribution in [2.45, 2.75) is 66.1 Å². The molecule has 4 rings (SSSR count). The van der Waals surface area contributed by atoms with E-state index in [9.17, 15) is 19.5 Å². The van der Waals surface area contributed by atoms with Gasteiger partial charge in [0.2, 0.25) is 11.7 Å². The first-order valence-corrected chi connectivity index (χ1v) is 11.9. The van der Waals surface area contributed by atoms with Crippen molar-refractivity contribution in [2.24, 2.45) is 0 Å². The SMILES string of the molecule is CCCCn1c(=O)c2c(nc3n(Cc4ccc(Cl)cc4)c(O)c(C)c(=O)n23)n(CCCC)c1=O. The molecule has 0 saturated heterocycles. The zero-order chi connectivity index (χ0) is 24.6. The minimum absolute atomic E-state index is 0.0553. The van der Waals surface area contributed by atoms with Crippen LogP contribution in [0.1, 0.15) is 50.7 Å². The van der Waals surface area contributed by atoms with Crippen molar-refractivity contribution in [1.29, 1.82) is 0 Å². The van der Waals surface area contributed by atoms with Crippen LogP contribution in [0.25, 0.3) is 16.9 Å². The molecular formula is C24H28ClN5O4. The summed E-state index contributed by atoms with van der Waals surface area (Å²) in [7, 11) is 0. The summed E-state index contributed by atoms with van der Waals surface area (Å²) < 4.78 is 5.37. The second-order valence-electron chi connectivity index (χ2n) is 8.48. The highest BCUT2D eigenvalue weighted by Crippen LogP contribution is 2.22. The lowest BCUT2D eigenvalue weighted by Gasteiger charge is -2.13. The molecule has 10 heteroatoms. The van der Waals surface area contributed by atoms with Gasteiger partial charge in [0.15, 0.2) is 11.2 Å². The minimum Gasteiger partial charge on any atom is -0.494 e. The van der Waals surface area contributed by atoms with Gasteiger partial charge < -0.3 is 5.11 Å². The van der Waals surface area contributed by atoms with E-state index in [0.717, 1.165) is 18.4 Å². The number of hydrogen-bond acceptors (Lipinski definition) is 5. The molecule has 34 heavy (non-hydrogen) atoms. The van der Waals surface area contributed by atoms with Crippen molar-refractivity contribution in [3.8, 4) is 5.88 Å². The summed E-state index contributed by atoms with van der Waals surface area (Å²) in [6.45, 7) is 6.33. The van der Waals surface area contributed by atoms with E-state index in [1.165, 1.54) is 25.0 Å². The molecule has 3 aromatic heterocycles. The van der Waals surface area contributed by atoms with Crippen LogP contribution in [-0.4, -0.2) is 28.2 Å². The molecule has 0 saturated carbocycles. The van der Waals surface area contributed by atoms with E-state index >= 15 is 0 Å². The van der Waals surface area contributed by atoms with Crippen LogP contribution < -0.4 is 16.8 Å². The highest BCUT2D eigenvalue weighted by molar-refractivity contribution is 6.30. The zero-order valence-corrected chi connectivity index (χ0v) is 20.3. The average molecular weight is 486 g/mol. The highest BCUT2D eigenvalue weighted by atomic mass is 35.5. The molecule has 180 valence electrons. The van der Waals surface area contributed by atoms with Crippen molar-refractivity contribution in [2.75, 3.05) is 0 Å². The number of aryl methyl sites for hydroxylation is 1. The van der Waals surface area contributed by atoms with Gasteiger partial charge in [0.25, 0.3) is 11.1 Å². The van der Waals surface area contributed by atoms with E-state index in [4.69, 9.17) is 11.6 Å². The number of aromatic hydroxyl groups is 1. The topological polar surface area (TPSA) is 104 Å². The molecule has 0 atom stereocenters. The molecule has 1 N–H and O–H groups in total. The molecular weight excluding hydrogens is 458 g/mol. The third kappa shape index (κ3) is 3.94. The fourth-order valence-corrected chi connectivity index (χ4v) is 4.24. The first-order valence-electron chi connectivity index (χ1n) is 11.5. The monoisotopic (exact) mass is 485 g/mol. The maximum Gasteiger partial charge on any atom is 0.332 e. The van der Waals surface area contributed by atoms with Gasteiger partial charge in [-0.3, -0.25) is 23.3 Å². The molecule has 0 amide bonds. The third-order valence-electron chi connectivity index (χ3n) is 6.09. The summed E-state index contributed by atoms with van der Waals surface area (Å²) in [5, 5.41) is 11.4. The van der Waals surface area contributed by atoms with Crippen molar-refractivity contribution in [1.82, 2.24) is 23.1 Å². The number of aromatic nitrogens is 5. The number of hydrogen-bond donors (Lipinski definition) is 1. The molecule has 3 heterocycles. The zero-order valence-electron chi connectivity index (χ0n) is 19.5. The van der Waals surface area contributed by atoms with Gasteiger partial charge in [0, 0.05) is 18.1 Å². The Labute approximate surface area is 200 Å². The first-order chi connectivity index (χ1) is 16.3. The number of benzene rings is 1. The van der Waals surface area contributed by atoms with E-state index in [1.807, 2.05) is 26.0 Å². The standard InChI is InChI=1S/C24H28ClN5O4/c1-4-6-12-27-19-18(22(33)28(24(27)34)13-7-5-2)30-21(32)15(3)20(31)29(23(30)26-19)14-16-8-10-17(25)11-9-16/h8-11,31H,4-7,12-14H2,1-3H3. The van der Waals surface area contributed by atoms with Crippen molar-refractivity contribution < 1.29 is 5.11 Å². The molecule has 0 aliphatic heterocycles. The van der Waals surface area contributed by atoms with Crippen molar-refractivity contribution in [3.05, 3.63) is 71.6 Å². The number of nitrogens with zero attached hydrogens (tertiary/aromatic N) is 5. The smallest absolute Gasteiger partial charge is 0.332 e. The Balaban J connectivity index is 2.11. The Hall–Kier alpha value is -3.33. The van der Waals surface area contributed by atoms with Crippen LogP contribution in [0.2, 0.25) is 5.02 Å². The van der Waals surface area contributed by atoms with Crippen LogP contribution in [0.5, 0.6) is 5.88 Å². The van der Waals surface area contributed by atoms with E-state index in [1.54, 1.807) is 12.1 Å². The summed E-state index contributed by atoms with van der Waals surface area (Å²) in [5.41, 5.74) is -0.397. The van der Waals surface area contributed by atoms with Gasteiger partial charge in [-0.25, -0.2) is 9.20 Å². The Morgan fingerprint density at radius 1 is 0.912 bits per heavy atom. The van der Waals surface area contributed by atoms with Crippen LogP contribution in [0.15, 0.2) is 38.6 Å². The van der Waals surface area contributed by atoms with Gasteiger partial charge in [-0.1, -0.05) is 50.4 Å². The summed E-state index contributed by atoms with van der Waals surface area (Å²) in [5.74, 6) is -0.135. The fraction of sp³-hybridized carbons (Fsp3) is 0.417. The second-order valence-corrected chi connectivity index (χ2v) is 8.92. The number of rotatable bonds is 8. The molecule has 0 aliphatic carbocycles. The van der Waals surface area contributed by atoms with Gasteiger partial charge >= 0.3 is 5.69 Å². The largest absolute Gasteiger partial charge is 0.494 e. The van der Waals surface area contributed by atoms with E-state index < -0.39 is 16.8 Å². The van der Waals surface area contributed by atoms with Crippen LogP contribution in [0.3, 0.4) is 0 Å². The summed E-state index contributed by atoms with van der Waals surface area (Å²) in [6.07, 6.45) is 3.03. The summed E-state index contributed by atoms with van der Waals surface area (Å²) in [6, 6.07) is 7.08. The molecule has 0 bridgehead atoms. The van der Waals surface area contributed by atoms with E-state index in [0.29, 0.717) is 24.4 Å². The maximum atomic E-state index is 13.5. The van der Waals surface area contributed by atoms with E-state index in [-0.39, 0.29) is 41.5 Å². The fourth-order valence-electron chi connectivity index (χ4n) is 4.11. The average Bonchev–Trinajstić information content (AvgIpc) is 3.22. The highest BCUT2D eigenvalue weighted by Gasteiger charge is 2.24. The molecule has 0 aliphatic rings. The normalized spacial score (nSPS) is 11.6. The Bertz CT molecular complexity index is 1540. The predicted molar refractivity (Wildman–Crippen MR) is 132 cm³/mol. The second kappa shape index (κ2) is 9.50. The maximum absolute atomic E-state index is 13.5. The molecule has 0 spiro atoms. The number of unbranched alkanes of at least 4 members (excludes halogenated alkanes) is 2. The molecule has 4 aromatic rings. The minimum atomic E-state index is -0.547. The molecule has 0 radical (unpaired) electrons. The van der Waals surface area contributed by atoms with Gasteiger partial charge in [-0.2, -0.15) is 4.98 Å². The number of fused-ring (bicyclic) bond motifs is 3. The van der Waals surface area contributed by atoms with Crippen LogP contribution >= 0.6 is 11.6 Å². The van der Waals surface area contributed by atoms with Gasteiger partial charge in [0.1, 0.15) is 0 Å². The molecule has 0 fully saturated rings. The third-order valence-corrected chi connectivity index (χ3v) is 6.34. The van der Waals surface area contributed by atoms with Gasteiger partial charge in [0.05, 0.1) is 12.1 Å².